The van der Waals surface area contributed by atoms with Crippen molar-refractivity contribution in [3.05, 3.63) is 76.9 Å². The zero-order chi connectivity index (χ0) is 22.5. The van der Waals surface area contributed by atoms with Crippen LogP contribution in [0.25, 0.3) is 11.4 Å². The van der Waals surface area contributed by atoms with E-state index in [0.29, 0.717) is 23.9 Å². The third kappa shape index (κ3) is 5.28. The van der Waals surface area contributed by atoms with Gasteiger partial charge in [0.1, 0.15) is 11.6 Å². The maximum Gasteiger partial charge on any atom is 0.162 e. The Morgan fingerprint density at radius 3 is 2.69 bits per heavy atom. The molecular formula is C25H28FN3O2S. The molecule has 3 aromatic rings. The van der Waals surface area contributed by atoms with Crippen LogP contribution in [0.3, 0.4) is 0 Å². The molecule has 0 aliphatic carbocycles. The molecule has 0 amide bonds. The fraction of sp³-hybridized carbons (Fsp3) is 0.360. The van der Waals surface area contributed by atoms with Gasteiger partial charge in [0, 0.05) is 25.5 Å². The van der Waals surface area contributed by atoms with Crippen LogP contribution in [-0.4, -0.2) is 32.0 Å². The summed E-state index contributed by atoms with van der Waals surface area (Å²) in [6.07, 6.45) is 5.88. The molecule has 0 spiro atoms. The number of aryl methyl sites for hydroxylation is 2. The summed E-state index contributed by atoms with van der Waals surface area (Å²) < 4.78 is 31.8. The van der Waals surface area contributed by atoms with Gasteiger partial charge in [-0.1, -0.05) is 26.0 Å². The van der Waals surface area contributed by atoms with E-state index in [1.165, 1.54) is 11.1 Å². The highest BCUT2D eigenvalue weighted by molar-refractivity contribution is 7.91. The van der Waals surface area contributed by atoms with Crippen molar-refractivity contribution < 1.29 is 13.7 Å². The van der Waals surface area contributed by atoms with Crippen LogP contribution >= 0.6 is 12.2 Å². The van der Waals surface area contributed by atoms with Crippen LogP contribution in [-0.2, 0) is 19.4 Å². The van der Waals surface area contributed by atoms with Crippen LogP contribution in [0, 0.1) is 5.82 Å². The molecule has 1 unspecified atom stereocenters. The number of rotatable bonds is 8. The standard InChI is InChI=1S/C25H28FN3O2S/c1-3-18-13-27-25(28-14-18)22-9-6-19(11-24(22)26)5-4-10-31-21-8-7-20-16-29(32-30)15-17(2)23(20)12-21/h6-9,11-14,17,30H,3-5,10,15-16H2,1-2H3. The van der Waals surface area contributed by atoms with Crippen LogP contribution < -0.4 is 4.74 Å². The summed E-state index contributed by atoms with van der Waals surface area (Å²) >= 11 is 0.802. The Bertz CT molecular complexity index is 1060. The zero-order valence-electron chi connectivity index (χ0n) is 18.4. The zero-order valence-corrected chi connectivity index (χ0v) is 19.2. The lowest BCUT2D eigenvalue weighted by molar-refractivity contribution is 0.309. The minimum absolute atomic E-state index is 0.300. The normalized spacial score (nSPS) is 16.1. The van der Waals surface area contributed by atoms with Crippen molar-refractivity contribution in [1.82, 2.24) is 14.3 Å². The lowest BCUT2D eigenvalue weighted by Gasteiger charge is -2.30. The average molecular weight is 454 g/mol. The molecule has 168 valence electrons. The second-order valence-corrected chi connectivity index (χ2v) is 8.88. The van der Waals surface area contributed by atoms with Crippen molar-refractivity contribution in [2.24, 2.45) is 0 Å². The first kappa shape index (κ1) is 22.7. The van der Waals surface area contributed by atoms with Gasteiger partial charge in [0.25, 0.3) is 0 Å². The molecule has 0 saturated carbocycles. The molecule has 0 fully saturated rings. The molecule has 32 heavy (non-hydrogen) atoms. The van der Waals surface area contributed by atoms with Gasteiger partial charge in [-0.3, -0.25) is 0 Å². The summed E-state index contributed by atoms with van der Waals surface area (Å²) in [7, 11) is 0. The van der Waals surface area contributed by atoms with Gasteiger partial charge in [-0.25, -0.2) is 18.7 Å². The summed E-state index contributed by atoms with van der Waals surface area (Å²) in [5.41, 5.74) is 4.89. The third-order valence-corrected chi connectivity index (χ3v) is 6.36. The van der Waals surface area contributed by atoms with Crippen molar-refractivity contribution in [1.29, 1.82) is 0 Å². The molecule has 0 bridgehead atoms. The van der Waals surface area contributed by atoms with Gasteiger partial charge in [-0.15, -0.1) is 0 Å². The molecule has 2 aromatic carbocycles. The molecule has 5 nitrogen and oxygen atoms in total. The van der Waals surface area contributed by atoms with E-state index in [1.807, 2.05) is 23.4 Å². The first-order valence-corrected chi connectivity index (χ1v) is 11.7. The number of benzene rings is 2. The van der Waals surface area contributed by atoms with Crippen molar-refractivity contribution in [2.45, 2.75) is 45.6 Å². The Morgan fingerprint density at radius 1 is 1.16 bits per heavy atom. The molecular weight excluding hydrogens is 425 g/mol. The lowest BCUT2D eigenvalue weighted by atomic mass is 9.92. The van der Waals surface area contributed by atoms with E-state index in [1.54, 1.807) is 24.5 Å². The van der Waals surface area contributed by atoms with Crippen LogP contribution in [0.15, 0.2) is 48.8 Å². The Balaban J connectivity index is 1.31. The number of halogens is 1. The smallest absolute Gasteiger partial charge is 0.162 e. The number of hydrogen-bond donors (Lipinski definition) is 1. The molecule has 7 heteroatoms. The number of aromatic nitrogens is 2. The number of nitrogens with zero attached hydrogens (tertiary/aromatic N) is 3. The maximum atomic E-state index is 14.6. The highest BCUT2D eigenvalue weighted by atomic mass is 32.2. The Morgan fingerprint density at radius 2 is 1.97 bits per heavy atom. The van der Waals surface area contributed by atoms with Crippen LogP contribution in [0.4, 0.5) is 4.39 Å². The quantitative estimate of drug-likeness (QED) is 0.260. The van der Waals surface area contributed by atoms with E-state index in [4.69, 9.17) is 4.74 Å². The van der Waals surface area contributed by atoms with E-state index in [9.17, 15) is 8.94 Å². The minimum atomic E-state index is -0.300. The van der Waals surface area contributed by atoms with Gasteiger partial charge in [-0.05, 0) is 71.7 Å². The monoisotopic (exact) mass is 453 g/mol. The van der Waals surface area contributed by atoms with E-state index in [-0.39, 0.29) is 5.82 Å². The van der Waals surface area contributed by atoms with Gasteiger partial charge in [0.05, 0.1) is 24.4 Å². The summed E-state index contributed by atoms with van der Waals surface area (Å²) in [6.45, 7) is 6.31. The molecule has 0 saturated heterocycles. The van der Waals surface area contributed by atoms with Gasteiger partial charge in [0.15, 0.2) is 5.82 Å². The lowest BCUT2D eigenvalue weighted by Crippen LogP contribution is -2.27. The van der Waals surface area contributed by atoms with Crippen LogP contribution in [0.2, 0.25) is 0 Å². The van der Waals surface area contributed by atoms with E-state index < -0.39 is 0 Å². The van der Waals surface area contributed by atoms with Crippen molar-refractivity contribution in [2.75, 3.05) is 13.2 Å². The fourth-order valence-corrected chi connectivity index (χ4v) is 4.51. The highest BCUT2D eigenvalue weighted by Crippen LogP contribution is 2.33. The number of ether oxygens (including phenoxy) is 1. The largest absolute Gasteiger partial charge is 0.494 e. The van der Waals surface area contributed by atoms with Crippen molar-refractivity contribution >= 4 is 12.2 Å². The van der Waals surface area contributed by atoms with E-state index in [0.717, 1.165) is 61.5 Å². The third-order valence-electron chi connectivity index (χ3n) is 5.85. The average Bonchev–Trinajstić information content (AvgIpc) is 2.82. The second kappa shape index (κ2) is 10.4. The number of hydrogen-bond acceptors (Lipinski definition) is 6. The summed E-state index contributed by atoms with van der Waals surface area (Å²) in [5, 5.41) is 0. The summed E-state index contributed by atoms with van der Waals surface area (Å²) in [4.78, 5) is 8.55. The van der Waals surface area contributed by atoms with Crippen molar-refractivity contribution in [3.63, 3.8) is 0 Å². The molecule has 1 N–H and O–H groups in total. The Hall–Kier alpha value is -2.48. The van der Waals surface area contributed by atoms with Gasteiger partial charge >= 0.3 is 0 Å². The maximum absolute atomic E-state index is 14.6. The van der Waals surface area contributed by atoms with Crippen LogP contribution in [0.1, 0.15) is 48.4 Å². The predicted molar refractivity (Wildman–Crippen MR) is 126 cm³/mol. The Labute approximate surface area is 193 Å². The molecule has 1 atom stereocenters. The molecule has 0 radical (unpaired) electrons. The molecule has 1 aliphatic heterocycles. The summed E-state index contributed by atoms with van der Waals surface area (Å²) in [6, 6.07) is 11.4. The molecule has 2 heterocycles. The summed E-state index contributed by atoms with van der Waals surface area (Å²) in [5.74, 6) is 1.31. The van der Waals surface area contributed by atoms with Crippen molar-refractivity contribution in [3.8, 4) is 17.1 Å². The first-order chi connectivity index (χ1) is 15.6. The van der Waals surface area contributed by atoms with E-state index >= 15 is 0 Å². The first-order valence-electron chi connectivity index (χ1n) is 11.0. The minimum Gasteiger partial charge on any atom is -0.494 e. The highest BCUT2D eigenvalue weighted by Gasteiger charge is 2.23. The van der Waals surface area contributed by atoms with Gasteiger partial charge in [0.2, 0.25) is 0 Å². The van der Waals surface area contributed by atoms with Gasteiger partial charge in [-0.2, -0.15) is 0 Å². The van der Waals surface area contributed by atoms with E-state index in [2.05, 4.69) is 29.0 Å². The molecule has 1 aromatic heterocycles. The molecule has 1 aliphatic rings. The topological polar surface area (TPSA) is 58.5 Å². The Kier molecular flexibility index (Phi) is 7.40. The predicted octanol–water partition coefficient (Wildman–Crippen LogP) is 5.90. The number of fused-ring (bicyclic) bond motifs is 1. The SMILES string of the molecule is CCc1cnc(-c2ccc(CCCOc3ccc4c(c3)C(C)CN(SO)C4)cc2F)nc1. The molecule has 4 rings (SSSR count). The van der Waals surface area contributed by atoms with Gasteiger partial charge < -0.3 is 9.29 Å². The second-order valence-electron chi connectivity index (χ2n) is 8.20. The fourth-order valence-electron chi connectivity index (χ4n) is 4.02. The van der Waals surface area contributed by atoms with Crippen LogP contribution in [0.5, 0.6) is 5.75 Å².